The maximum atomic E-state index is 6.57. The normalized spacial score (nSPS) is 15.7. The summed E-state index contributed by atoms with van der Waals surface area (Å²) < 4.78 is 12.3. The standard InChI is InChI=1S/C17H28Cl2O2Si/c1-8-14(21-22(6,7)17(2,3)4)16(20-5)15-12(18)10-9-11-13(15)19/h9-11,14,16H,8H2,1-7H3. The molecular weight excluding hydrogens is 335 g/mol. The number of hydrogen-bond donors (Lipinski definition) is 0. The maximum absolute atomic E-state index is 6.57. The average Bonchev–Trinajstić information content (AvgIpc) is 2.39. The summed E-state index contributed by atoms with van der Waals surface area (Å²) in [5, 5.41) is 1.39. The Morgan fingerprint density at radius 2 is 1.64 bits per heavy atom. The molecule has 0 N–H and O–H groups in total. The van der Waals surface area contributed by atoms with Crippen molar-refractivity contribution >= 4 is 31.5 Å². The van der Waals surface area contributed by atoms with Gasteiger partial charge in [0, 0.05) is 22.7 Å². The third-order valence-corrected chi connectivity index (χ3v) is 9.69. The predicted octanol–water partition coefficient (Wildman–Crippen LogP) is 6.48. The van der Waals surface area contributed by atoms with Gasteiger partial charge in [-0.3, -0.25) is 0 Å². The van der Waals surface area contributed by atoms with E-state index in [2.05, 4.69) is 40.8 Å². The van der Waals surface area contributed by atoms with Gasteiger partial charge in [0.25, 0.3) is 0 Å². The molecule has 0 heterocycles. The number of benzene rings is 1. The number of methoxy groups -OCH3 is 1. The van der Waals surface area contributed by atoms with Crippen molar-refractivity contribution in [2.45, 2.75) is 64.5 Å². The largest absolute Gasteiger partial charge is 0.411 e. The molecule has 0 aromatic heterocycles. The summed E-state index contributed by atoms with van der Waals surface area (Å²) in [5.74, 6) is 0. The molecule has 126 valence electrons. The number of halogens is 2. The predicted molar refractivity (Wildman–Crippen MR) is 98.6 cm³/mol. The van der Waals surface area contributed by atoms with E-state index in [0.717, 1.165) is 12.0 Å². The Bertz CT molecular complexity index is 478. The molecule has 0 fully saturated rings. The van der Waals surface area contributed by atoms with E-state index in [1.165, 1.54) is 0 Å². The lowest BCUT2D eigenvalue weighted by atomic mass is 10.0. The quantitative estimate of drug-likeness (QED) is 0.539. The van der Waals surface area contributed by atoms with Crippen LogP contribution in [-0.4, -0.2) is 21.5 Å². The van der Waals surface area contributed by atoms with Crippen LogP contribution in [0.5, 0.6) is 0 Å². The minimum absolute atomic E-state index is 0.0664. The molecule has 5 heteroatoms. The van der Waals surface area contributed by atoms with E-state index in [1.807, 2.05) is 18.2 Å². The van der Waals surface area contributed by atoms with Crippen LogP contribution in [-0.2, 0) is 9.16 Å². The summed E-state index contributed by atoms with van der Waals surface area (Å²) >= 11 is 12.7. The molecule has 0 radical (unpaired) electrons. The van der Waals surface area contributed by atoms with Crippen LogP contribution in [0.4, 0.5) is 0 Å². The van der Waals surface area contributed by atoms with Crippen LogP contribution >= 0.6 is 23.2 Å². The zero-order valence-corrected chi connectivity index (χ0v) is 17.2. The van der Waals surface area contributed by atoms with Gasteiger partial charge in [-0.05, 0) is 36.7 Å². The molecule has 1 aromatic carbocycles. The fraction of sp³-hybridized carbons (Fsp3) is 0.647. The van der Waals surface area contributed by atoms with E-state index in [-0.39, 0.29) is 17.2 Å². The number of hydrogen-bond acceptors (Lipinski definition) is 2. The van der Waals surface area contributed by atoms with Gasteiger partial charge in [0.1, 0.15) is 6.10 Å². The summed E-state index contributed by atoms with van der Waals surface area (Å²) in [4.78, 5) is 0. The monoisotopic (exact) mass is 362 g/mol. The van der Waals surface area contributed by atoms with Crippen molar-refractivity contribution in [3.63, 3.8) is 0 Å². The molecule has 0 saturated carbocycles. The third kappa shape index (κ3) is 4.48. The lowest BCUT2D eigenvalue weighted by molar-refractivity contribution is -0.00787. The molecule has 0 amide bonds. The van der Waals surface area contributed by atoms with Gasteiger partial charge in [-0.1, -0.05) is 57.0 Å². The van der Waals surface area contributed by atoms with Crippen molar-refractivity contribution in [2.24, 2.45) is 0 Å². The first-order valence-corrected chi connectivity index (χ1v) is 11.4. The zero-order valence-electron chi connectivity index (χ0n) is 14.7. The molecule has 2 atom stereocenters. The average molecular weight is 363 g/mol. The van der Waals surface area contributed by atoms with Crippen LogP contribution < -0.4 is 0 Å². The summed E-state index contributed by atoms with van der Waals surface area (Å²) in [6.45, 7) is 13.3. The van der Waals surface area contributed by atoms with Crippen LogP contribution in [0.3, 0.4) is 0 Å². The van der Waals surface area contributed by atoms with Crippen molar-refractivity contribution in [3.8, 4) is 0 Å². The molecule has 1 aromatic rings. The van der Waals surface area contributed by atoms with Gasteiger partial charge >= 0.3 is 0 Å². The highest BCUT2D eigenvalue weighted by Gasteiger charge is 2.41. The molecule has 22 heavy (non-hydrogen) atoms. The van der Waals surface area contributed by atoms with E-state index < -0.39 is 8.32 Å². The molecule has 0 aliphatic heterocycles. The van der Waals surface area contributed by atoms with E-state index in [1.54, 1.807) is 7.11 Å². The SMILES string of the molecule is CCC(O[Si](C)(C)C(C)(C)C)C(OC)c1c(Cl)cccc1Cl. The van der Waals surface area contributed by atoms with Gasteiger partial charge in [0.15, 0.2) is 8.32 Å². The second-order valence-corrected chi connectivity index (χ2v) is 12.7. The van der Waals surface area contributed by atoms with Crippen molar-refractivity contribution in [2.75, 3.05) is 7.11 Å². The van der Waals surface area contributed by atoms with E-state index in [9.17, 15) is 0 Å². The van der Waals surface area contributed by atoms with Gasteiger partial charge in [-0.15, -0.1) is 0 Å². The molecule has 0 bridgehead atoms. The lowest BCUT2D eigenvalue weighted by Crippen LogP contribution is -2.45. The van der Waals surface area contributed by atoms with Crippen LogP contribution in [0.15, 0.2) is 18.2 Å². The molecule has 2 nitrogen and oxygen atoms in total. The van der Waals surface area contributed by atoms with Crippen molar-refractivity contribution in [1.29, 1.82) is 0 Å². The molecule has 0 aliphatic rings. The Labute approximate surface area is 146 Å². The molecule has 0 spiro atoms. The first kappa shape index (κ1) is 20.0. The Kier molecular flexibility index (Phi) is 6.97. The molecule has 1 rings (SSSR count). The second-order valence-electron chi connectivity index (χ2n) is 7.12. The van der Waals surface area contributed by atoms with E-state index in [0.29, 0.717) is 10.0 Å². The summed E-state index contributed by atoms with van der Waals surface area (Å²) in [7, 11) is -0.219. The second kappa shape index (κ2) is 7.67. The minimum atomic E-state index is -1.90. The zero-order chi connectivity index (χ0) is 17.1. The maximum Gasteiger partial charge on any atom is 0.192 e. The van der Waals surface area contributed by atoms with Crippen LogP contribution in [0.25, 0.3) is 0 Å². The van der Waals surface area contributed by atoms with Gasteiger partial charge in [-0.2, -0.15) is 0 Å². The molecular formula is C17H28Cl2O2Si. The third-order valence-electron chi connectivity index (χ3n) is 4.53. The van der Waals surface area contributed by atoms with Crippen molar-refractivity contribution in [1.82, 2.24) is 0 Å². The Morgan fingerprint density at radius 3 is 2.00 bits per heavy atom. The van der Waals surface area contributed by atoms with Crippen molar-refractivity contribution in [3.05, 3.63) is 33.8 Å². The van der Waals surface area contributed by atoms with Crippen LogP contribution in [0, 0.1) is 0 Å². The smallest absolute Gasteiger partial charge is 0.192 e. The fourth-order valence-electron chi connectivity index (χ4n) is 2.15. The summed E-state index contributed by atoms with van der Waals surface area (Å²) in [5.41, 5.74) is 0.818. The Hall–Kier alpha value is -0.0631. The highest BCUT2D eigenvalue weighted by Crippen LogP contribution is 2.42. The van der Waals surface area contributed by atoms with E-state index >= 15 is 0 Å². The first-order chi connectivity index (χ1) is 10.0. The first-order valence-electron chi connectivity index (χ1n) is 7.69. The Balaban J connectivity index is 3.16. The lowest BCUT2D eigenvalue weighted by Gasteiger charge is -2.41. The van der Waals surface area contributed by atoms with Gasteiger partial charge in [0.05, 0.1) is 6.10 Å². The fourth-order valence-corrected chi connectivity index (χ4v) is 4.17. The topological polar surface area (TPSA) is 18.5 Å². The highest BCUT2D eigenvalue weighted by molar-refractivity contribution is 6.74. The van der Waals surface area contributed by atoms with Gasteiger partial charge in [0.2, 0.25) is 0 Å². The van der Waals surface area contributed by atoms with Gasteiger partial charge in [-0.25, -0.2) is 0 Å². The Morgan fingerprint density at radius 1 is 1.14 bits per heavy atom. The van der Waals surface area contributed by atoms with Crippen molar-refractivity contribution < 1.29 is 9.16 Å². The van der Waals surface area contributed by atoms with Gasteiger partial charge < -0.3 is 9.16 Å². The van der Waals surface area contributed by atoms with Crippen LogP contribution in [0.2, 0.25) is 28.2 Å². The summed E-state index contributed by atoms with van der Waals surface area (Å²) in [6.07, 6.45) is 0.510. The number of rotatable bonds is 6. The molecule has 0 saturated heterocycles. The van der Waals surface area contributed by atoms with Crippen LogP contribution in [0.1, 0.15) is 45.8 Å². The molecule has 0 aliphatic carbocycles. The molecule has 2 unspecified atom stereocenters. The van der Waals surface area contributed by atoms with E-state index in [4.69, 9.17) is 32.4 Å². The summed E-state index contributed by atoms with van der Waals surface area (Å²) in [6, 6.07) is 5.53. The minimum Gasteiger partial charge on any atom is -0.411 e. The number of ether oxygens (including phenoxy) is 1. The highest BCUT2D eigenvalue weighted by atomic mass is 35.5.